The molecule has 0 radical (unpaired) electrons. The molecule has 20 heavy (non-hydrogen) atoms. The number of hydrogen-bond donors (Lipinski definition) is 2. The van der Waals surface area contributed by atoms with Crippen molar-refractivity contribution in [2.75, 3.05) is 6.54 Å². The first-order valence-electron chi connectivity index (χ1n) is 5.73. The Kier molecular flexibility index (Phi) is 4.69. The van der Waals surface area contributed by atoms with Crippen molar-refractivity contribution >= 4 is 11.9 Å². The van der Waals surface area contributed by atoms with E-state index in [-0.39, 0.29) is 4.68 Å². The van der Waals surface area contributed by atoms with E-state index in [1.54, 1.807) is 6.92 Å². The second kappa shape index (κ2) is 5.88. The van der Waals surface area contributed by atoms with Gasteiger partial charge in [0.05, 0.1) is 0 Å². The average Bonchev–Trinajstić information content (AvgIpc) is 2.79. The molecule has 1 heterocycles. The molecule has 0 aliphatic heterocycles. The van der Waals surface area contributed by atoms with Crippen LogP contribution < -0.4 is 5.32 Å². The van der Waals surface area contributed by atoms with Crippen LogP contribution in [-0.2, 0) is 11.0 Å². The van der Waals surface area contributed by atoms with Crippen molar-refractivity contribution in [1.29, 1.82) is 0 Å². The van der Waals surface area contributed by atoms with Gasteiger partial charge in [0.1, 0.15) is 6.04 Å². The Bertz CT molecular complexity index is 512. The van der Waals surface area contributed by atoms with Crippen molar-refractivity contribution in [3.05, 3.63) is 11.4 Å². The summed E-state index contributed by atoms with van der Waals surface area (Å²) in [7, 11) is 0. The molecule has 2 N–H and O–H groups in total. The van der Waals surface area contributed by atoms with Crippen LogP contribution in [0.1, 0.15) is 42.5 Å². The Labute approximate surface area is 111 Å². The highest BCUT2D eigenvalue weighted by atomic mass is 19.4. The van der Waals surface area contributed by atoms with Gasteiger partial charge in [0.15, 0.2) is 5.69 Å². The van der Waals surface area contributed by atoms with Crippen molar-refractivity contribution in [2.45, 2.75) is 32.5 Å². The highest BCUT2D eigenvalue weighted by Gasteiger charge is 2.43. The number of nitrogens with one attached hydrogen (secondary N) is 1. The summed E-state index contributed by atoms with van der Waals surface area (Å²) in [5.41, 5.74) is -2.78. The second-order valence-corrected chi connectivity index (χ2v) is 4.00. The summed E-state index contributed by atoms with van der Waals surface area (Å²) in [6.07, 6.45) is -4.36. The molecular weight excluding hydrogens is 281 g/mol. The first kappa shape index (κ1) is 15.9. The molecule has 7 nitrogen and oxygen atoms in total. The van der Waals surface area contributed by atoms with E-state index in [0.29, 0.717) is 13.0 Å². The number of aromatic carboxylic acids is 1. The minimum Gasteiger partial charge on any atom is -0.476 e. The highest BCUT2D eigenvalue weighted by molar-refractivity contribution is 5.87. The van der Waals surface area contributed by atoms with Gasteiger partial charge in [-0.05, 0) is 13.3 Å². The minimum atomic E-state index is -4.98. The van der Waals surface area contributed by atoms with Gasteiger partial charge in [0.2, 0.25) is 11.6 Å². The van der Waals surface area contributed by atoms with Gasteiger partial charge >= 0.3 is 12.1 Å². The Morgan fingerprint density at radius 3 is 2.50 bits per heavy atom. The molecule has 1 amide bonds. The molecule has 1 aromatic rings. The van der Waals surface area contributed by atoms with Crippen LogP contribution >= 0.6 is 0 Å². The third-order valence-electron chi connectivity index (χ3n) is 2.46. The predicted molar refractivity (Wildman–Crippen MR) is 60.0 cm³/mol. The molecule has 0 aliphatic rings. The van der Waals surface area contributed by atoms with Crippen LogP contribution in [0.2, 0.25) is 0 Å². The molecule has 0 saturated carbocycles. The van der Waals surface area contributed by atoms with Gasteiger partial charge in [0.25, 0.3) is 0 Å². The highest BCUT2D eigenvalue weighted by Crippen LogP contribution is 2.32. The number of alkyl halides is 3. The number of nitrogens with zero attached hydrogens (tertiary/aromatic N) is 3. The van der Waals surface area contributed by atoms with Crippen molar-refractivity contribution in [3.63, 3.8) is 0 Å². The number of hydrogen-bond acceptors (Lipinski definition) is 4. The summed E-state index contributed by atoms with van der Waals surface area (Å²) in [5, 5.41) is 17.2. The maximum atomic E-state index is 12.9. The van der Waals surface area contributed by atoms with E-state index in [4.69, 9.17) is 5.11 Å². The Morgan fingerprint density at radius 1 is 1.45 bits per heavy atom. The second-order valence-electron chi connectivity index (χ2n) is 4.00. The zero-order valence-corrected chi connectivity index (χ0v) is 10.7. The number of carboxylic acid groups (broad SMARTS) is 1. The number of carbonyl (C=O) groups excluding carboxylic acids is 1. The minimum absolute atomic E-state index is 0.272. The van der Waals surface area contributed by atoms with Crippen LogP contribution in [0.15, 0.2) is 0 Å². The van der Waals surface area contributed by atoms with Crippen molar-refractivity contribution in [2.24, 2.45) is 0 Å². The molecule has 10 heteroatoms. The lowest BCUT2D eigenvalue weighted by molar-refractivity contribution is -0.146. The van der Waals surface area contributed by atoms with Crippen LogP contribution in [0.5, 0.6) is 0 Å². The summed E-state index contributed by atoms with van der Waals surface area (Å²) in [4.78, 5) is 22.4. The van der Waals surface area contributed by atoms with Crippen LogP contribution in [0, 0.1) is 0 Å². The topological polar surface area (TPSA) is 97.1 Å². The van der Waals surface area contributed by atoms with Crippen LogP contribution in [0.4, 0.5) is 13.2 Å². The average molecular weight is 294 g/mol. The number of carbonyl (C=O) groups is 2. The smallest absolute Gasteiger partial charge is 0.435 e. The van der Waals surface area contributed by atoms with E-state index in [1.807, 2.05) is 0 Å². The summed E-state index contributed by atoms with van der Waals surface area (Å²) < 4.78 is 38.9. The number of aromatic nitrogens is 3. The van der Waals surface area contributed by atoms with Crippen molar-refractivity contribution < 1.29 is 27.9 Å². The zero-order valence-electron chi connectivity index (χ0n) is 10.7. The van der Waals surface area contributed by atoms with Crippen LogP contribution in [0.25, 0.3) is 0 Å². The van der Waals surface area contributed by atoms with E-state index in [0.717, 1.165) is 0 Å². The fourth-order valence-electron chi connectivity index (χ4n) is 1.48. The standard InChI is InChI=1S/C10H13F3N4O3/c1-3-4-14-8(18)5(2)17-7(10(11,12)13)6(9(19)20)15-16-17/h5H,3-4H2,1-2H3,(H,14,18)(H,19,20). The van der Waals surface area contributed by atoms with Gasteiger partial charge in [-0.25, -0.2) is 9.48 Å². The molecule has 0 fully saturated rings. The molecule has 1 aromatic heterocycles. The number of rotatable bonds is 5. The van der Waals surface area contributed by atoms with Crippen LogP contribution in [0.3, 0.4) is 0 Å². The normalized spacial score (nSPS) is 13.1. The molecule has 0 spiro atoms. The van der Waals surface area contributed by atoms with E-state index < -0.39 is 35.5 Å². The monoisotopic (exact) mass is 294 g/mol. The van der Waals surface area contributed by atoms with Crippen molar-refractivity contribution in [1.82, 2.24) is 20.3 Å². The lowest BCUT2D eigenvalue weighted by atomic mass is 10.2. The van der Waals surface area contributed by atoms with Gasteiger partial charge in [-0.1, -0.05) is 12.1 Å². The molecule has 1 unspecified atom stereocenters. The quantitative estimate of drug-likeness (QED) is 0.847. The number of amides is 1. The van der Waals surface area contributed by atoms with Gasteiger partial charge in [-0.3, -0.25) is 4.79 Å². The van der Waals surface area contributed by atoms with Crippen molar-refractivity contribution in [3.8, 4) is 0 Å². The largest absolute Gasteiger partial charge is 0.476 e. The molecule has 1 rings (SSSR count). The molecule has 0 aliphatic carbocycles. The summed E-state index contributed by atoms with van der Waals surface area (Å²) >= 11 is 0. The fourth-order valence-corrected chi connectivity index (χ4v) is 1.48. The lowest BCUT2D eigenvalue weighted by Crippen LogP contribution is -2.34. The van der Waals surface area contributed by atoms with E-state index in [9.17, 15) is 22.8 Å². The first-order chi connectivity index (χ1) is 9.20. The van der Waals surface area contributed by atoms with Crippen LogP contribution in [-0.4, -0.2) is 38.5 Å². The molecule has 1 atom stereocenters. The SMILES string of the molecule is CCCNC(=O)C(C)n1nnc(C(=O)O)c1C(F)(F)F. The van der Waals surface area contributed by atoms with E-state index in [2.05, 4.69) is 15.6 Å². The maximum absolute atomic E-state index is 12.9. The maximum Gasteiger partial charge on any atom is 0.435 e. The zero-order chi connectivity index (χ0) is 15.5. The Morgan fingerprint density at radius 2 is 2.05 bits per heavy atom. The third-order valence-corrected chi connectivity index (χ3v) is 2.46. The first-order valence-corrected chi connectivity index (χ1v) is 5.73. The van der Waals surface area contributed by atoms with Gasteiger partial charge in [-0.15, -0.1) is 5.10 Å². The molecule has 0 aromatic carbocycles. The Balaban J connectivity index is 3.19. The number of halogens is 3. The Hall–Kier alpha value is -2.13. The fraction of sp³-hybridized carbons (Fsp3) is 0.600. The van der Waals surface area contributed by atoms with Gasteiger partial charge < -0.3 is 10.4 Å². The molecule has 0 bridgehead atoms. The van der Waals surface area contributed by atoms with E-state index >= 15 is 0 Å². The van der Waals surface area contributed by atoms with Gasteiger partial charge in [0, 0.05) is 6.54 Å². The lowest BCUT2D eigenvalue weighted by Gasteiger charge is -2.16. The molecular formula is C10H13F3N4O3. The summed E-state index contributed by atoms with van der Waals surface area (Å²) in [6.45, 7) is 3.26. The number of carboxylic acids is 1. The summed E-state index contributed by atoms with van der Waals surface area (Å²) in [6, 6.07) is -1.32. The molecule has 112 valence electrons. The third kappa shape index (κ3) is 3.25. The predicted octanol–water partition coefficient (Wildman–Crippen LogP) is 1.08. The summed E-state index contributed by atoms with van der Waals surface area (Å²) in [5.74, 6) is -2.55. The van der Waals surface area contributed by atoms with Gasteiger partial charge in [-0.2, -0.15) is 13.2 Å². The van der Waals surface area contributed by atoms with E-state index in [1.165, 1.54) is 6.92 Å². The molecule has 0 saturated heterocycles.